The lowest BCUT2D eigenvalue weighted by Gasteiger charge is -2.50. The Morgan fingerprint density at radius 1 is 1.35 bits per heavy atom. The van der Waals surface area contributed by atoms with Gasteiger partial charge in [0.15, 0.2) is 0 Å². The molecule has 1 aliphatic heterocycles. The van der Waals surface area contributed by atoms with Crippen LogP contribution in [0.15, 0.2) is 0 Å². The maximum Gasteiger partial charge on any atom is 0.326 e. The van der Waals surface area contributed by atoms with Crippen molar-refractivity contribution in [3.8, 4) is 0 Å². The van der Waals surface area contributed by atoms with Gasteiger partial charge in [-0.25, -0.2) is 0 Å². The molecule has 0 saturated carbocycles. The second kappa shape index (κ2) is 5.53. The van der Waals surface area contributed by atoms with Gasteiger partial charge in [-0.15, -0.1) is 0 Å². The SMILES string of the molecule is CC(C)[C@](N)(C(=O)O)C1O[C@@](O)(CO)[C@@H](O)[C@H](O)[C@@H]1O. The molecular formula is C11H21NO8. The number of aliphatic carboxylic acids is 1. The lowest BCUT2D eigenvalue weighted by atomic mass is 9.76. The molecular weight excluding hydrogens is 274 g/mol. The van der Waals surface area contributed by atoms with Crippen molar-refractivity contribution in [3.05, 3.63) is 0 Å². The predicted octanol–water partition coefficient (Wildman–Crippen LogP) is -3.41. The fourth-order valence-corrected chi connectivity index (χ4v) is 2.20. The monoisotopic (exact) mass is 295 g/mol. The standard InChI is InChI=1S/C11H21NO8/c1-4(2)11(12,9(17)18)8-6(15)5(14)7(16)10(19,3-13)20-8/h4-8,13-16,19H,3,12H2,1-2H3,(H,17,18)/t5-,6+,7+,8?,10+,11-/m1/s1. The molecule has 6 atom stereocenters. The second-order valence-electron chi connectivity index (χ2n) is 5.36. The number of carboxylic acids is 1. The highest BCUT2D eigenvalue weighted by Crippen LogP contribution is 2.35. The van der Waals surface area contributed by atoms with Crippen molar-refractivity contribution in [2.75, 3.05) is 6.61 Å². The molecule has 1 aliphatic rings. The number of hydrogen-bond donors (Lipinski definition) is 7. The van der Waals surface area contributed by atoms with Gasteiger partial charge in [-0.2, -0.15) is 0 Å². The zero-order valence-corrected chi connectivity index (χ0v) is 11.2. The van der Waals surface area contributed by atoms with Gasteiger partial charge in [0.25, 0.3) is 0 Å². The Kier molecular flexibility index (Phi) is 4.76. The third-order valence-electron chi connectivity index (χ3n) is 3.80. The molecule has 0 aromatic rings. The van der Waals surface area contributed by atoms with E-state index < -0.39 is 54.2 Å². The molecule has 1 heterocycles. The van der Waals surface area contributed by atoms with E-state index in [2.05, 4.69) is 0 Å². The van der Waals surface area contributed by atoms with Crippen LogP contribution in [0.4, 0.5) is 0 Å². The number of rotatable bonds is 4. The van der Waals surface area contributed by atoms with Gasteiger partial charge in [0.2, 0.25) is 5.79 Å². The van der Waals surface area contributed by atoms with E-state index in [9.17, 15) is 30.3 Å². The Morgan fingerprint density at radius 3 is 2.20 bits per heavy atom. The molecule has 1 unspecified atom stereocenters. The van der Waals surface area contributed by atoms with Crippen molar-refractivity contribution in [1.82, 2.24) is 0 Å². The molecule has 1 saturated heterocycles. The van der Waals surface area contributed by atoms with Crippen LogP contribution in [0.25, 0.3) is 0 Å². The third-order valence-corrected chi connectivity index (χ3v) is 3.80. The van der Waals surface area contributed by atoms with Crippen molar-refractivity contribution >= 4 is 5.97 Å². The normalized spacial score (nSPS) is 41.5. The van der Waals surface area contributed by atoms with Gasteiger partial charge in [-0.3, -0.25) is 4.79 Å². The molecule has 9 nitrogen and oxygen atoms in total. The number of carboxylic acid groups (broad SMARTS) is 1. The third kappa shape index (κ3) is 2.42. The first-order valence-electron chi connectivity index (χ1n) is 6.09. The predicted molar refractivity (Wildman–Crippen MR) is 64.3 cm³/mol. The van der Waals surface area contributed by atoms with Crippen LogP contribution in [-0.2, 0) is 9.53 Å². The summed E-state index contributed by atoms with van der Waals surface area (Å²) in [4.78, 5) is 11.4. The highest BCUT2D eigenvalue weighted by Gasteiger charge is 2.60. The van der Waals surface area contributed by atoms with E-state index in [-0.39, 0.29) is 0 Å². The summed E-state index contributed by atoms with van der Waals surface area (Å²) in [7, 11) is 0. The number of hydrogen-bond acceptors (Lipinski definition) is 8. The van der Waals surface area contributed by atoms with Crippen LogP contribution < -0.4 is 5.73 Å². The number of aliphatic hydroxyl groups is 5. The highest BCUT2D eigenvalue weighted by atomic mass is 16.7. The molecule has 1 rings (SSSR count). The molecule has 0 aromatic carbocycles. The summed E-state index contributed by atoms with van der Waals surface area (Å²) in [6.45, 7) is 1.81. The zero-order valence-electron chi connectivity index (χ0n) is 11.2. The first-order valence-corrected chi connectivity index (χ1v) is 6.09. The van der Waals surface area contributed by atoms with Gasteiger partial charge in [0.05, 0.1) is 6.61 Å². The van der Waals surface area contributed by atoms with Crippen molar-refractivity contribution in [2.45, 2.75) is 49.6 Å². The highest BCUT2D eigenvalue weighted by molar-refractivity contribution is 5.80. The molecule has 1 fully saturated rings. The van der Waals surface area contributed by atoms with Crippen molar-refractivity contribution in [3.63, 3.8) is 0 Å². The minimum atomic E-state index is -2.61. The Bertz CT molecular complexity index is 377. The number of aliphatic hydroxyl groups excluding tert-OH is 4. The van der Waals surface area contributed by atoms with E-state index >= 15 is 0 Å². The summed E-state index contributed by atoms with van der Waals surface area (Å²) in [6, 6.07) is 0. The number of ether oxygens (including phenoxy) is 1. The first kappa shape index (κ1) is 17.2. The van der Waals surface area contributed by atoms with E-state index in [1.807, 2.05) is 0 Å². The average molecular weight is 295 g/mol. The molecule has 0 bridgehead atoms. The molecule has 118 valence electrons. The van der Waals surface area contributed by atoms with E-state index in [4.69, 9.17) is 15.6 Å². The fourth-order valence-electron chi connectivity index (χ4n) is 2.20. The first-order chi connectivity index (χ1) is 9.02. The van der Waals surface area contributed by atoms with Crippen molar-refractivity contribution in [2.24, 2.45) is 11.7 Å². The van der Waals surface area contributed by atoms with Crippen LogP contribution >= 0.6 is 0 Å². The summed E-state index contributed by atoms with van der Waals surface area (Å²) >= 11 is 0. The molecule has 0 radical (unpaired) electrons. The molecule has 0 spiro atoms. The topological polar surface area (TPSA) is 174 Å². The van der Waals surface area contributed by atoms with Crippen LogP contribution in [0, 0.1) is 5.92 Å². The quantitative estimate of drug-likeness (QED) is 0.278. The summed E-state index contributed by atoms with van der Waals surface area (Å²) < 4.78 is 4.95. The van der Waals surface area contributed by atoms with Crippen LogP contribution in [0.3, 0.4) is 0 Å². The van der Waals surface area contributed by atoms with Gasteiger partial charge >= 0.3 is 5.97 Å². The molecule has 0 amide bonds. The lowest BCUT2D eigenvalue weighted by Crippen LogP contribution is -2.75. The lowest BCUT2D eigenvalue weighted by molar-refractivity contribution is -0.363. The van der Waals surface area contributed by atoms with Crippen LogP contribution in [0.5, 0.6) is 0 Å². The fraction of sp³-hybridized carbons (Fsp3) is 0.909. The largest absolute Gasteiger partial charge is 0.480 e. The average Bonchev–Trinajstić information content (AvgIpc) is 2.39. The van der Waals surface area contributed by atoms with E-state index in [0.717, 1.165) is 0 Å². The van der Waals surface area contributed by atoms with Crippen LogP contribution in [-0.4, -0.2) is 79.0 Å². The summed E-state index contributed by atoms with van der Waals surface area (Å²) in [5, 5.41) is 57.4. The van der Waals surface area contributed by atoms with Gasteiger partial charge in [0.1, 0.15) is 30.0 Å². The van der Waals surface area contributed by atoms with E-state index in [1.54, 1.807) is 0 Å². The molecule has 9 heteroatoms. The van der Waals surface area contributed by atoms with Crippen molar-refractivity contribution in [1.29, 1.82) is 0 Å². The molecule has 20 heavy (non-hydrogen) atoms. The van der Waals surface area contributed by atoms with Gasteiger partial charge in [-0.1, -0.05) is 13.8 Å². The second-order valence-corrected chi connectivity index (χ2v) is 5.36. The zero-order chi connectivity index (χ0) is 15.9. The van der Waals surface area contributed by atoms with Gasteiger partial charge in [0, 0.05) is 0 Å². The minimum absolute atomic E-state index is 0.731. The number of nitrogens with two attached hydrogens (primary N) is 1. The summed E-state index contributed by atoms with van der Waals surface area (Å²) in [5.41, 5.74) is 3.63. The Balaban J connectivity index is 3.25. The number of carbonyl (C=O) groups is 1. The Labute approximate surface area is 115 Å². The van der Waals surface area contributed by atoms with E-state index in [1.165, 1.54) is 13.8 Å². The minimum Gasteiger partial charge on any atom is -0.480 e. The van der Waals surface area contributed by atoms with Gasteiger partial charge < -0.3 is 41.1 Å². The summed E-state index contributed by atoms with van der Waals surface area (Å²) in [5.74, 6) is -4.86. The maximum atomic E-state index is 11.4. The van der Waals surface area contributed by atoms with Gasteiger partial charge in [-0.05, 0) is 5.92 Å². The Hall–Kier alpha value is -0.810. The molecule has 0 aliphatic carbocycles. The summed E-state index contributed by atoms with van der Waals surface area (Å²) in [6.07, 6.45) is -7.51. The molecule has 8 N–H and O–H groups in total. The van der Waals surface area contributed by atoms with Crippen molar-refractivity contribution < 1.29 is 40.2 Å². The maximum absolute atomic E-state index is 11.4. The van der Waals surface area contributed by atoms with Crippen LogP contribution in [0.2, 0.25) is 0 Å². The smallest absolute Gasteiger partial charge is 0.326 e. The van der Waals surface area contributed by atoms with Crippen LogP contribution in [0.1, 0.15) is 13.8 Å². The molecule has 0 aromatic heterocycles. The Morgan fingerprint density at radius 2 is 1.85 bits per heavy atom. The van der Waals surface area contributed by atoms with E-state index in [0.29, 0.717) is 0 Å².